The second-order valence-electron chi connectivity index (χ2n) is 6.30. The van der Waals surface area contributed by atoms with E-state index in [2.05, 4.69) is 49.2 Å². The van der Waals surface area contributed by atoms with Gasteiger partial charge in [-0.3, -0.25) is 0 Å². The van der Waals surface area contributed by atoms with Crippen molar-refractivity contribution >= 4 is 32.3 Å². The molecule has 1 atom stereocenters. The number of rotatable bonds is 8. The molecule has 0 aliphatic heterocycles. The van der Waals surface area contributed by atoms with E-state index in [0.717, 1.165) is 43.0 Å². The Kier molecular flexibility index (Phi) is 5.69. The Morgan fingerprint density at radius 3 is 2.79 bits per heavy atom. The zero-order chi connectivity index (χ0) is 16.9. The first-order valence-corrected chi connectivity index (χ1v) is 9.74. The third-order valence-electron chi connectivity index (χ3n) is 4.49. The van der Waals surface area contributed by atoms with Gasteiger partial charge in [0.05, 0.1) is 16.8 Å². The molecule has 0 saturated heterocycles. The molecule has 0 spiro atoms. The van der Waals surface area contributed by atoms with Crippen molar-refractivity contribution in [1.29, 1.82) is 0 Å². The normalized spacial score (nSPS) is 12.8. The standard InChI is InChI=1S/C20H26N2OS/c1-3-5-11-23-20-22-18-10-8-15-12-14(16(13-21)6-4-2)7-9-17(15)19(18)24-20/h7-10,12,16H,3-6,11,13,21H2,1-2H3. The number of benzene rings is 2. The summed E-state index contributed by atoms with van der Waals surface area (Å²) in [6.07, 6.45) is 4.50. The average Bonchev–Trinajstić information content (AvgIpc) is 3.02. The van der Waals surface area contributed by atoms with Gasteiger partial charge >= 0.3 is 0 Å². The molecule has 0 saturated carbocycles. The number of unbranched alkanes of at least 4 members (excludes halogenated alkanes) is 1. The molecule has 1 heterocycles. The predicted octanol–water partition coefficient (Wildman–Crippen LogP) is 5.47. The summed E-state index contributed by atoms with van der Waals surface area (Å²) >= 11 is 1.65. The maximum Gasteiger partial charge on any atom is 0.274 e. The van der Waals surface area contributed by atoms with Crippen LogP contribution in [0.5, 0.6) is 5.19 Å². The number of hydrogen-bond donors (Lipinski definition) is 1. The molecular formula is C20H26N2OS. The van der Waals surface area contributed by atoms with Crippen molar-refractivity contribution in [3.8, 4) is 5.19 Å². The molecule has 24 heavy (non-hydrogen) atoms. The zero-order valence-corrected chi connectivity index (χ0v) is 15.4. The topological polar surface area (TPSA) is 48.1 Å². The van der Waals surface area contributed by atoms with Gasteiger partial charge in [0.1, 0.15) is 0 Å². The summed E-state index contributed by atoms with van der Waals surface area (Å²) in [6, 6.07) is 11.0. The minimum atomic E-state index is 0.449. The summed E-state index contributed by atoms with van der Waals surface area (Å²) < 4.78 is 7.00. The Bertz CT molecular complexity index is 812. The summed E-state index contributed by atoms with van der Waals surface area (Å²) in [7, 11) is 0. The third-order valence-corrected chi connectivity index (χ3v) is 5.51. The van der Waals surface area contributed by atoms with Gasteiger partial charge in [-0.15, -0.1) is 0 Å². The molecule has 0 amide bonds. The maximum atomic E-state index is 5.96. The Balaban J connectivity index is 1.95. The van der Waals surface area contributed by atoms with Crippen molar-refractivity contribution in [2.24, 2.45) is 5.73 Å². The van der Waals surface area contributed by atoms with E-state index >= 15 is 0 Å². The second-order valence-corrected chi connectivity index (χ2v) is 7.26. The first-order chi connectivity index (χ1) is 11.8. The lowest BCUT2D eigenvalue weighted by atomic mass is 9.92. The minimum absolute atomic E-state index is 0.449. The average molecular weight is 343 g/mol. The highest BCUT2D eigenvalue weighted by molar-refractivity contribution is 7.21. The van der Waals surface area contributed by atoms with Crippen LogP contribution in [0, 0.1) is 0 Å². The first kappa shape index (κ1) is 17.2. The number of hydrogen-bond acceptors (Lipinski definition) is 4. The van der Waals surface area contributed by atoms with E-state index in [1.54, 1.807) is 11.3 Å². The highest BCUT2D eigenvalue weighted by Gasteiger charge is 2.12. The zero-order valence-electron chi connectivity index (χ0n) is 14.5. The summed E-state index contributed by atoms with van der Waals surface area (Å²) in [5, 5.41) is 3.30. The molecule has 4 heteroatoms. The van der Waals surface area contributed by atoms with Gasteiger partial charge in [-0.1, -0.05) is 62.3 Å². The Morgan fingerprint density at radius 2 is 2.04 bits per heavy atom. The first-order valence-electron chi connectivity index (χ1n) is 8.92. The minimum Gasteiger partial charge on any atom is -0.470 e. The Labute approximate surface area is 147 Å². The van der Waals surface area contributed by atoms with Gasteiger partial charge in [0, 0.05) is 5.39 Å². The number of aromatic nitrogens is 1. The Hall–Kier alpha value is -1.65. The van der Waals surface area contributed by atoms with E-state index in [4.69, 9.17) is 10.5 Å². The smallest absolute Gasteiger partial charge is 0.274 e. The van der Waals surface area contributed by atoms with E-state index in [-0.39, 0.29) is 0 Å². The molecule has 2 N–H and O–H groups in total. The van der Waals surface area contributed by atoms with Crippen molar-refractivity contribution in [1.82, 2.24) is 4.98 Å². The van der Waals surface area contributed by atoms with Gasteiger partial charge in [-0.25, -0.2) is 4.98 Å². The van der Waals surface area contributed by atoms with Crippen LogP contribution in [0.15, 0.2) is 30.3 Å². The number of nitrogens with zero attached hydrogens (tertiary/aromatic N) is 1. The molecule has 0 radical (unpaired) electrons. The van der Waals surface area contributed by atoms with Crippen LogP contribution in [0.3, 0.4) is 0 Å². The summed E-state index contributed by atoms with van der Waals surface area (Å²) in [5.74, 6) is 0.449. The van der Waals surface area contributed by atoms with Gasteiger partial charge in [0.2, 0.25) is 0 Å². The third kappa shape index (κ3) is 3.55. The largest absolute Gasteiger partial charge is 0.470 e. The van der Waals surface area contributed by atoms with E-state index in [0.29, 0.717) is 12.5 Å². The van der Waals surface area contributed by atoms with Gasteiger partial charge < -0.3 is 10.5 Å². The van der Waals surface area contributed by atoms with Crippen molar-refractivity contribution in [2.75, 3.05) is 13.2 Å². The lowest BCUT2D eigenvalue weighted by molar-refractivity contribution is 0.308. The van der Waals surface area contributed by atoms with Gasteiger partial charge in [0.15, 0.2) is 0 Å². The van der Waals surface area contributed by atoms with E-state index in [9.17, 15) is 0 Å². The highest BCUT2D eigenvalue weighted by atomic mass is 32.1. The molecule has 0 bridgehead atoms. The fourth-order valence-electron chi connectivity index (χ4n) is 3.10. The summed E-state index contributed by atoms with van der Waals surface area (Å²) in [5.41, 5.74) is 8.33. The van der Waals surface area contributed by atoms with Crippen LogP contribution in [-0.2, 0) is 0 Å². The molecule has 0 fully saturated rings. The number of ether oxygens (including phenoxy) is 1. The highest BCUT2D eigenvalue weighted by Crippen LogP contribution is 2.35. The van der Waals surface area contributed by atoms with Crippen molar-refractivity contribution in [3.05, 3.63) is 35.9 Å². The molecule has 3 rings (SSSR count). The summed E-state index contributed by atoms with van der Waals surface area (Å²) in [6.45, 7) is 5.83. The van der Waals surface area contributed by atoms with Gasteiger partial charge in [0.25, 0.3) is 5.19 Å². The molecule has 0 aliphatic rings. The van der Waals surface area contributed by atoms with E-state index in [1.165, 1.54) is 21.0 Å². The van der Waals surface area contributed by atoms with Crippen LogP contribution >= 0.6 is 11.3 Å². The summed E-state index contributed by atoms with van der Waals surface area (Å²) in [4.78, 5) is 4.61. The van der Waals surface area contributed by atoms with Crippen LogP contribution in [0.4, 0.5) is 0 Å². The molecule has 128 valence electrons. The number of thiazole rings is 1. The SMILES string of the molecule is CCCCOc1nc2ccc3cc(C(CN)CCC)ccc3c2s1. The fourth-order valence-corrected chi connectivity index (χ4v) is 4.08. The monoisotopic (exact) mass is 342 g/mol. The van der Waals surface area contributed by atoms with E-state index < -0.39 is 0 Å². The van der Waals surface area contributed by atoms with Crippen molar-refractivity contribution < 1.29 is 4.74 Å². The van der Waals surface area contributed by atoms with E-state index in [1.807, 2.05) is 0 Å². The molecule has 1 unspecified atom stereocenters. The molecule has 3 aromatic rings. The molecule has 3 nitrogen and oxygen atoms in total. The lowest BCUT2D eigenvalue weighted by Gasteiger charge is -2.15. The van der Waals surface area contributed by atoms with Crippen LogP contribution in [0.2, 0.25) is 0 Å². The molecule has 0 aliphatic carbocycles. The van der Waals surface area contributed by atoms with Crippen molar-refractivity contribution in [2.45, 2.75) is 45.4 Å². The van der Waals surface area contributed by atoms with Crippen LogP contribution in [0.25, 0.3) is 21.0 Å². The van der Waals surface area contributed by atoms with Crippen LogP contribution in [-0.4, -0.2) is 18.1 Å². The fraction of sp³-hybridized carbons (Fsp3) is 0.450. The number of fused-ring (bicyclic) bond motifs is 3. The van der Waals surface area contributed by atoms with Crippen molar-refractivity contribution in [3.63, 3.8) is 0 Å². The predicted molar refractivity (Wildman–Crippen MR) is 104 cm³/mol. The molecule has 1 aromatic heterocycles. The quantitative estimate of drug-likeness (QED) is 0.552. The van der Waals surface area contributed by atoms with Crippen LogP contribution < -0.4 is 10.5 Å². The number of nitrogens with two attached hydrogens (primary N) is 1. The van der Waals surface area contributed by atoms with Gasteiger partial charge in [-0.2, -0.15) is 0 Å². The lowest BCUT2D eigenvalue weighted by Crippen LogP contribution is -2.12. The molecular weight excluding hydrogens is 316 g/mol. The maximum absolute atomic E-state index is 5.96. The van der Waals surface area contributed by atoms with Crippen LogP contribution in [0.1, 0.15) is 51.0 Å². The molecule has 2 aromatic carbocycles. The second kappa shape index (κ2) is 7.95. The van der Waals surface area contributed by atoms with Gasteiger partial charge in [-0.05, 0) is 42.3 Å². The Morgan fingerprint density at radius 1 is 1.17 bits per heavy atom.